The summed E-state index contributed by atoms with van der Waals surface area (Å²) in [6.45, 7) is 2.24. The van der Waals surface area contributed by atoms with Crippen LogP contribution in [0.1, 0.15) is 27.0 Å². The average molecular weight is 410 g/mol. The van der Waals surface area contributed by atoms with Gasteiger partial charge in [0.05, 0.1) is 18.4 Å². The van der Waals surface area contributed by atoms with Crippen LogP contribution in [0.3, 0.4) is 0 Å². The standard InChI is InChI=1S/C23H20ClNO4/c1-15-3-9-19(12-20(15)24)25-13-17-6-10-21(22(11-17)28-2)29-14-16-4-7-18(8-5-16)23(26)27/h3-13H,14H2,1-2H3,(H,26,27). The maximum absolute atomic E-state index is 10.9. The van der Waals surface area contributed by atoms with E-state index in [-0.39, 0.29) is 5.56 Å². The molecular weight excluding hydrogens is 390 g/mol. The van der Waals surface area contributed by atoms with Crippen molar-refractivity contribution < 1.29 is 19.4 Å². The molecule has 0 aliphatic carbocycles. The minimum Gasteiger partial charge on any atom is -0.493 e. The van der Waals surface area contributed by atoms with Crippen LogP contribution in [0.15, 0.2) is 65.7 Å². The van der Waals surface area contributed by atoms with Crippen molar-refractivity contribution in [2.24, 2.45) is 4.99 Å². The number of ether oxygens (including phenoxy) is 2. The molecule has 0 saturated carbocycles. The van der Waals surface area contributed by atoms with Crippen LogP contribution in [0.25, 0.3) is 0 Å². The molecule has 6 heteroatoms. The van der Waals surface area contributed by atoms with Crippen molar-refractivity contribution in [3.8, 4) is 11.5 Å². The van der Waals surface area contributed by atoms with Crippen molar-refractivity contribution in [3.05, 3.63) is 87.9 Å². The van der Waals surface area contributed by atoms with E-state index in [1.165, 1.54) is 0 Å². The van der Waals surface area contributed by atoms with Gasteiger partial charge in [-0.1, -0.05) is 29.8 Å². The van der Waals surface area contributed by atoms with Crippen LogP contribution >= 0.6 is 11.6 Å². The van der Waals surface area contributed by atoms with Crippen LogP contribution in [0.2, 0.25) is 5.02 Å². The summed E-state index contributed by atoms with van der Waals surface area (Å²) in [4.78, 5) is 15.4. The molecular formula is C23H20ClNO4. The van der Waals surface area contributed by atoms with E-state index >= 15 is 0 Å². The number of halogens is 1. The Labute approximate surface area is 174 Å². The molecule has 0 amide bonds. The molecule has 0 aliphatic rings. The largest absolute Gasteiger partial charge is 0.493 e. The maximum atomic E-state index is 10.9. The fraction of sp³-hybridized carbons (Fsp3) is 0.130. The molecule has 0 bridgehead atoms. The predicted molar refractivity (Wildman–Crippen MR) is 114 cm³/mol. The zero-order valence-electron chi connectivity index (χ0n) is 16.1. The third-order valence-corrected chi connectivity index (χ3v) is 4.71. The summed E-state index contributed by atoms with van der Waals surface area (Å²) in [7, 11) is 1.57. The van der Waals surface area contributed by atoms with E-state index in [1.807, 2.05) is 43.3 Å². The minimum atomic E-state index is -0.954. The highest BCUT2D eigenvalue weighted by Gasteiger charge is 2.07. The van der Waals surface area contributed by atoms with Crippen LogP contribution < -0.4 is 9.47 Å². The Balaban J connectivity index is 1.70. The van der Waals surface area contributed by atoms with Gasteiger partial charge in [0.2, 0.25) is 0 Å². The van der Waals surface area contributed by atoms with E-state index in [1.54, 1.807) is 37.6 Å². The molecule has 3 aromatic rings. The van der Waals surface area contributed by atoms with Gasteiger partial charge in [-0.2, -0.15) is 0 Å². The molecule has 29 heavy (non-hydrogen) atoms. The van der Waals surface area contributed by atoms with E-state index in [0.717, 1.165) is 22.4 Å². The maximum Gasteiger partial charge on any atom is 0.335 e. The summed E-state index contributed by atoms with van der Waals surface area (Å²) < 4.78 is 11.3. The first-order valence-electron chi connectivity index (χ1n) is 8.89. The van der Waals surface area contributed by atoms with Gasteiger partial charge in [0, 0.05) is 11.2 Å². The Morgan fingerprint density at radius 2 is 1.83 bits per heavy atom. The number of aliphatic imine (C=N–C) groups is 1. The van der Waals surface area contributed by atoms with Gasteiger partial charge < -0.3 is 14.6 Å². The Morgan fingerprint density at radius 3 is 2.48 bits per heavy atom. The minimum absolute atomic E-state index is 0.241. The first-order chi connectivity index (χ1) is 14.0. The molecule has 0 aromatic heterocycles. The molecule has 0 radical (unpaired) electrons. The highest BCUT2D eigenvalue weighted by molar-refractivity contribution is 6.31. The number of carboxylic acid groups (broad SMARTS) is 1. The molecule has 148 valence electrons. The Kier molecular flexibility index (Phi) is 6.52. The van der Waals surface area contributed by atoms with E-state index < -0.39 is 5.97 Å². The third-order valence-electron chi connectivity index (χ3n) is 4.30. The lowest BCUT2D eigenvalue weighted by Crippen LogP contribution is -2.00. The van der Waals surface area contributed by atoms with Gasteiger partial charge in [-0.25, -0.2) is 4.79 Å². The lowest BCUT2D eigenvalue weighted by Gasteiger charge is -2.11. The zero-order chi connectivity index (χ0) is 20.8. The number of hydrogen-bond donors (Lipinski definition) is 1. The van der Waals surface area contributed by atoms with Crippen LogP contribution in [0.4, 0.5) is 5.69 Å². The van der Waals surface area contributed by atoms with Gasteiger partial charge in [0.15, 0.2) is 11.5 Å². The van der Waals surface area contributed by atoms with Crippen molar-refractivity contribution in [2.45, 2.75) is 13.5 Å². The number of benzene rings is 3. The molecule has 0 unspecified atom stereocenters. The van der Waals surface area contributed by atoms with E-state index in [2.05, 4.69) is 4.99 Å². The van der Waals surface area contributed by atoms with Gasteiger partial charge in [0.1, 0.15) is 6.61 Å². The highest BCUT2D eigenvalue weighted by atomic mass is 35.5. The number of carboxylic acids is 1. The summed E-state index contributed by atoms with van der Waals surface area (Å²) in [6.07, 6.45) is 1.73. The molecule has 0 heterocycles. The normalized spacial score (nSPS) is 10.9. The zero-order valence-corrected chi connectivity index (χ0v) is 16.8. The molecule has 0 spiro atoms. The first-order valence-corrected chi connectivity index (χ1v) is 9.27. The molecule has 0 atom stereocenters. The average Bonchev–Trinajstić information content (AvgIpc) is 2.73. The lowest BCUT2D eigenvalue weighted by atomic mass is 10.1. The summed E-state index contributed by atoms with van der Waals surface area (Å²) in [5, 5.41) is 9.63. The van der Waals surface area contributed by atoms with Crippen LogP contribution in [0, 0.1) is 6.92 Å². The Morgan fingerprint density at radius 1 is 1.07 bits per heavy atom. The van der Waals surface area contributed by atoms with Crippen LogP contribution in [-0.2, 0) is 6.61 Å². The number of carbonyl (C=O) groups is 1. The number of nitrogens with zero attached hydrogens (tertiary/aromatic N) is 1. The number of rotatable bonds is 7. The van der Waals surface area contributed by atoms with Crippen molar-refractivity contribution in [2.75, 3.05) is 7.11 Å². The number of aryl methyl sites for hydroxylation is 1. The number of hydrogen-bond acceptors (Lipinski definition) is 4. The van der Waals surface area contributed by atoms with Crippen molar-refractivity contribution in [1.29, 1.82) is 0 Å². The van der Waals surface area contributed by atoms with Gasteiger partial charge in [-0.05, 0) is 66.1 Å². The molecule has 5 nitrogen and oxygen atoms in total. The first kappa shape index (κ1) is 20.4. The Hall–Kier alpha value is -3.31. The van der Waals surface area contributed by atoms with Gasteiger partial charge in [-0.15, -0.1) is 0 Å². The second-order valence-corrected chi connectivity index (χ2v) is 6.80. The molecule has 0 saturated heterocycles. The predicted octanol–water partition coefficient (Wildman–Crippen LogP) is 5.68. The number of methoxy groups -OCH3 is 1. The second-order valence-electron chi connectivity index (χ2n) is 6.39. The quantitative estimate of drug-likeness (QED) is 0.509. The fourth-order valence-corrected chi connectivity index (χ4v) is 2.77. The molecule has 0 aliphatic heterocycles. The summed E-state index contributed by atoms with van der Waals surface area (Å²) in [5.41, 5.74) is 3.73. The SMILES string of the molecule is COc1cc(C=Nc2ccc(C)c(Cl)c2)ccc1OCc1ccc(C(=O)O)cc1. The smallest absolute Gasteiger partial charge is 0.335 e. The van der Waals surface area contributed by atoms with Crippen molar-refractivity contribution in [3.63, 3.8) is 0 Å². The van der Waals surface area contributed by atoms with Gasteiger partial charge in [-0.3, -0.25) is 4.99 Å². The fourth-order valence-electron chi connectivity index (χ4n) is 2.60. The van der Waals surface area contributed by atoms with Gasteiger partial charge >= 0.3 is 5.97 Å². The Bertz CT molecular complexity index is 1050. The summed E-state index contributed by atoms with van der Waals surface area (Å²) >= 11 is 6.13. The highest BCUT2D eigenvalue weighted by Crippen LogP contribution is 2.29. The number of aromatic carboxylic acids is 1. The summed E-state index contributed by atoms with van der Waals surface area (Å²) in [6, 6.07) is 17.7. The third kappa shape index (κ3) is 5.36. The van der Waals surface area contributed by atoms with Crippen molar-refractivity contribution >= 4 is 29.5 Å². The van der Waals surface area contributed by atoms with Gasteiger partial charge in [0.25, 0.3) is 0 Å². The molecule has 1 N–H and O–H groups in total. The lowest BCUT2D eigenvalue weighted by molar-refractivity contribution is 0.0697. The van der Waals surface area contributed by atoms with Crippen LogP contribution in [-0.4, -0.2) is 24.4 Å². The van der Waals surface area contributed by atoms with E-state index in [0.29, 0.717) is 23.1 Å². The van der Waals surface area contributed by atoms with E-state index in [4.69, 9.17) is 26.2 Å². The molecule has 3 rings (SSSR count). The monoisotopic (exact) mass is 409 g/mol. The molecule has 3 aromatic carbocycles. The summed E-state index contributed by atoms with van der Waals surface area (Å²) in [5.74, 6) is 0.215. The van der Waals surface area contributed by atoms with Crippen molar-refractivity contribution in [1.82, 2.24) is 0 Å². The van der Waals surface area contributed by atoms with Crippen LogP contribution in [0.5, 0.6) is 11.5 Å². The van der Waals surface area contributed by atoms with E-state index in [9.17, 15) is 4.79 Å². The topological polar surface area (TPSA) is 68.1 Å². The molecule has 0 fully saturated rings. The second kappa shape index (κ2) is 9.26.